The number of aliphatic carboxylic acids is 1. The molecule has 2 heterocycles. The molecule has 1 atom stereocenters. The SMILES string of the molecule is O=C(O)CC(=O)N1CCCN2CCCC2C1. The summed E-state index contributed by atoms with van der Waals surface area (Å²) in [5, 5.41) is 8.61. The summed E-state index contributed by atoms with van der Waals surface area (Å²) in [6.45, 7) is 3.60. The molecule has 0 spiro atoms. The van der Waals surface area contributed by atoms with Crippen molar-refractivity contribution in [3.8, 4) is 0 Å². The first-order chi connectivity index (χ1) is 7.66. The van der Waals surface area contributed by atoms with E-state index in [0.29, 0.717) is 19.1 Å². The van der Waals surface area contributed by atoms with Crippen LogP contribution in [0, 0.1) is 0 Å². The van der Waals surface area contributed by atoms with E-state index in [4.69, 9.17) is 5.11 Å². The third kappa shape index (κ3) is 2.52. The number of amides is 1. The topological polar surface area (TPSA) is 60.9 Å². The summed E-state index contributed by atoms with van der Waals surface area (Å²) >= 11 is 0. The van der Waals surface area contributed by atoms with E-state index in [9.17, 15) is 9.59 Å². The average Bonchev–Trinajstić information content (AvgIpc) is 2.54. The second-order valence-electron chi connectivity index (χ2n) is 4.60. The molecule has 16 heavy (non-hydrogen) atoms. The predicted octanol–water partition coefficient (Wildman–Crippen LogP) is 0.158. The van der Waals surface area contributed by atoms with Gasteiger partial charge in [0.05, 0.1) is 0 Å². The molecule has 0 aromatic heterocycles. The van der Waals surface area contributed by atoms with E-state index in [1.807, 2.05) is 0 Å². The van der Waals surface area contributed by atoms with Crippen molar-refractivity contribution in [2.75, 3.05) is 26.2 Å². The summed E-state index contributed by atoms with van der Waals surface area (Å²) in [6.07, 6.45) is 2.93. The minimum atomic E-state index is -1.03. The fraction of sp³-hybridized carbons (Fsp3) is 0.818. The third-order valence-corrected chi connectivity index (χ3v) is 3.46. The van der Waals surface area contributed by atoms with Crippen molar-refractivity contribution in [1.29, 1.82) is 0 Å². The number of carbonyl (C=O) groups excluding carboxylic acids is 1. The number of carboxylic acid groups (broad SMARTS) is 1. The molecule has 0 radical (unpaired) electrons. The third-order valence-electron chi connectivity index (χ3n) is 3.46. The zero-order valence-corrected chi connectivity index (χ0v) is 9.39. The molecule has 2 aliphatic rings. The van der Waals surface area contributed by atoms with Gasteiger partial charge in [-0.25, -0.2) is 0 Å². The van der Waals surface area contributed by atoms with E-state index in [0.717, 1.165) is 25.9 Å². The first kappa shape index (κ1) is 11.4. The van der Waals surface area contributed by atoms with Crippen molar-refractivity contribution >= 4 is 11.9 Å². The van der Waals surface area contributed by atoms with E-state index in [-0.39, 0.29) is 12.3 Å². The Morgan fingerprint density at radius 1 is 1.19 bits per heavy atom. The molecule has 2 aliphatic heterocycles. The molecule has 2 saturated heterocycles. The van der Waals surface area contributed by atoms with Gasteiger partial charge in [-0.05, 0) is 25.8 Å². The molecule has 0 bridgehead atoms. The van der Waals surface area contributed by atoms with Crippen LogP contribution in [0.4, 0.5) is 0 Å². The Bertz CT molecular complexity index is 293. The zero-order valence-electron chi connectivity index (χ0n) is 9.39. The Kier molecular flexibility index (Phi) is 3.43. The lowest BCUT2D eigenvalue weighted by Crippen LogP contribution is -2.40. The van der Waals surface area contributed by atoms with E-state index in [2.05, 4.69) is 4.90 Å². The van der Waals surface area contributed by atoms with Gasteiger partial charge >= 0.3 is 5.97 Å². The van der Waals surface area contributed by atoms with Gasteiger partial charge in [0.25, 0.3) is 0 Å². The van der Waals surface area contributed by atoms with Crippen LogP contribution in [0.15, 0.2) is 0 Å². The zero-order chi connectivity index (χ0) is 11.5. The first-order valence-corrected chi connectivity index (χ1v) is 5.90. The van der Waals surface area contributed by atoms with Crippen LogP contribution < -0.4 is 0 Å². The van der Waals surface area contributed by atoms with Gasteiger partial charge in [0.2, 0.25) is 5.91 Å². The predicted molar refractivity (Wildman–Crippen MR) is 58.0 cm³/mol. The van der Waals surface area contributed by atoms with Crippen molar-refractivity contribution < 1.29 is 14.7 Å². The van der Waals surface area contributed by atoms with Gasteiger partial charge < -0.3 is 10.0 Å². The Hall–Kier alpha value is -1.10. The number of hydrogen-bond donors (Lipinski definition) is 1. The van der Waals surface area contributed by atoms with Crippen molar-refractivity contribution in [2.45, 2.75) is 31.7 Å². The minimum absolute atomic E-state index is 0.235. The Labute approximate surface area is 95.0 Å². The van der Waals surface area contributed by atoms with Crippen LogP contribution in [0.3, 0.4) is 0 Å². The molecule has 0 aromatic carbocycles. The van der Waals surface area contributed by atoms with Gasteiger partial charge in [-0.1, -0.05) is 0 Å². The number of carbonyl (C=O) groups is 2. The van der Waals surface area contributed by atoms with Crippen LogP contribution in [0.1, 0.15) is 25.7 Å². The van der Waals surface area contributed by atoms with Crippen LogP contribution in [0.2, 0.25) is 0 Å². The molecule has 0 aromatic rings. The molecule has 1 unspecified atom stereocenters. The summed E-state index contributed by atoms with van der Waals surface area (Å²) in [5.41, 5.74) is 0. The Morgan fingerprint density at radius 2 is 1.94 bits per heavy atom. The molecule has 5 nitrogen and oxygen atoms in total. The fourth-order valence-corrected chi connectivity index (χ4v) is 2.67. The van der Waals surface area contributed by atoms with Gasteiger partial charge in [0, 0.05) is 25.7 Å². The highest BCUT2D eigenvalue weighted by atomic mass is 16.4. The van der Waals surface area contributed by atoms with E-state index < -0.39 is 5.97 Å². The molecule has 90 valence electrons. The molecule has 2 rings (SSSR count). The molecule has 2 fully saturated rings. The van der Waals surface area contributed by atoms with Crippen LogP contribution in [0.25, 0.3) is 0 Å². The van der Waals surface area contributed by atoms with Gasteiger partial charge in [-0.3, -0.25) is 14.5 Å². The van der Waals surface area contributed by atoms with Gasteiger partial charge in [0.15, 0.2) is 0 Å². The standard InChI is InChI=1S/C11H18N2O3/c14-10(7-11(15)16)13-6-2-5-12-4-1-3-9(12)8-13/h9H,1-8H2,(H,15,16). The molecule has 1 amide bonds. The highest BCUT2D eigenvalue weighted by Gasteiger charge is 2.30. The lowest BCUT2D eigenvalue weighted by molar-refractivity contribution is -0.144. The monoisotopic (exact) mass is 226 g/mol. The molecule has 1 N–H and O–H groups in total. The maximum absolute atomic E-state index is 11.7. The van der Waals surface area contributed by atoms with Crippen LogP contribution in [-0.2, 0) is 9.59 Å². The molecule has 5 heteroatoms. The summed E-state index contributed by atoms with van der Waals surface area (Å²) in [7, 11) is 0. The molecule has 0 aliphatic carbocycles. The lowest BCUT2D eigenvalue weighted by atomic mass is 10.2. The second-order valence-corrected chi connectivity index (χ2v) is 4.60. The van der Waals surface area contributed by atoms with Gasteiger partial charge in [-0.15, -0.1) is 0 Å². The van der Waals surface area contributed by atoms with E-state index in [1.54, 1.807) is 4.90 Å². The van der Waals surface area contributed by atoms with Crippen molar-refractivity contribution in [1.82, 2.24) is 9.80 Å². The van der Waals surface area contributed by atoms with Crippen molar-refractivity contribution in [3.63, 3.8) is 0 Å². The maximum atomic E-state index is 11.7. The highest BCUT2D eigenvalue weighted by Crippen LogP contribution is 2.21. The van der Waals surface area contributed by atoms with Gasteiger partial charge in [0.1, 0.15) is 6.42 Å². The maximum Gasteiger partial charge on any atom is 0.312 e. The van der Waals surface area contributed by atoms with E-state index >= 15 is 0 Å². The van der Waals surface area contributed by atoms with Gasteiger partial charge in [-0.2, -0.15) is 0 Å². The lowest BCUT2D eigenvalue weighted by Gasteiger charge is -2.25. The van der Waals surface area contributed by atoms with Crippen molar-refractivity contribution in [3.05, 3.63) is 0 Å². The number of rotatable bonds is 2. The molecule has 0 saturated carbocycles. The average molecular weight is 226 g/mol. The first-order valence-electron chi connectivity index (χ1n) is 5.90. The summed E-state index contributed by atoms with van der Waals surface area (Å²) in [4.78, 5) is 26.3. The Balaban J connectivity index is 1.94. The quantitative estimate of drug-likeness (QED) is 0.681. The largest absolute Gasteiger partial charge is 0.481 e. The number of nitrogens with zero attached hydrogens (tertiary/aromatic N) is 2. The van der Waals surface area contributed by atoms with Crippen molar-refractivity contribution in [2.24, 2.45) is 0 Å². The minimum Gasteiger partial charge on any atom is -0.481 e. The van der Waals surface area contributed by atoms with Crippen LogP contribution in [0.5, 0.6) is 0 Å². The summed E-state index contributed by atoms with van der Waals surface area (Å²) in [5.74, 6) is -1.27. The molecular weight excluding hydrogens is 208 g/mol. The second kappa shape index (κ2) is 4.82. The smallest absolute Gasteiger partial charge is 0.312 e. The van der Waals surface area contributed by atoms with E-state index in [1.165, 1.54) is 6.42 Å². The van der Waals surface area contributed by atoms with Crippen LogP contribution >= 0.6 is 0 Å². The molecular formula is C11H18N2O3. The van der Waals surface area contributed by atoms with Crippen LogP contribution in [-0.4, -0.2) is 59.0 Å². The fourth-order valence-electron chi connectivity index (χ4n) is 2.67. The number of fused-ring (bicyclic) bond motifs is 1. The summed E-state index contributed by atoms with van der Waals surface area (Å²) in [6, 6.07) is 0.459. The number of carboxylic acids is 1. The highest BCUT2D eigenvalue weighted by molar-refractivity contribution is 5.93. The normalized spacial score (nSPS) is 26.2. The number of hydrogen-bond acceptors (Lipinski definition) is 3. The Morgan fingerprint density at radius 3 is 2.69 bits per heavy atom. The summed E-state index contributed by atoms with van der Waals surface area (Å²) < 4.78 is 0.